The van der Waals surface area contributed by atoms with Crippen LogP contribution in [0.3, 0.4) is 0 Å². The summed E-state index contributed by atoms with van der Waals surface area (Å²) in [7, 11) is 0. The van der Waals surface area contributed by atoms with Crippen molar-refractivity contribution < 1.29 is 19.4 Å². The smallest absolute Gasteiger partial charge is 0.307 e. The zero-order valence-electron chi connectivity index (χ0n) is 18.8. The van der Waals surface area contributed by atoms with Gasteiger partial charge in [0.05, 0.1) is 22.8 Å². The van der Waals surface area contributed by atoms with E-state index in [-0.39, 0.29) is 30.7 Å². The molecule has 0 amide bonds. The Morgan fingerprint density at radius 2 is 2.00 bits per heavy atom. The molecular weight excluding hydrogens is 454 g/mol. The molecule has 0 aliphatic carbocycles. The van der Waals surface area contributed by atoms with Crippen molar-refractivity contribution >= 4 is 44.1 Å². The highest BCUT2D eigenvalue weighted by atomic mass is 32.1. The summed E-state index contributed by atoms with van der Waals surface area (Å²) >= 11 is 1.33. The lowest BCUT2D eigenvalue weighted by Crippen LogP contribution is -2.27. The number of unbranched alkanes of at least 4 members (excludes halogenated alkanes) is 1. The van der Waals surface area contributed by atoms with Gasteiger partial charge < -0.3 is 9.84 Å². The van der Waals surface area contributed by atoms with Crippen molar-refractivity contribution in [2.24, 2.45) is 5.92 Å². The van der Waals surface area contributed by atoms with Gasteiger partial charge in [-0.15, -0.1) is 16.4 Å². The number of aromatic nitrogens is 3. The number of carbonyl (C=O) groups is 2. The summed E-state index contributed by atoms with van der Waals surface area (Å²) in [6.45, 7) is 2.80. The molecule has 8 nitrogen and oxygen atoms in total. The molecule has 1 atom stereocenters. The van der Waals surface area contributed by atoms with Crippen molar-refractivity contribution in [2.45, 2.75) is 39.2 Å². The fourth-order valence-electron chi connectivity index (χ4n) is 3.66. The summed E-state index contributed by atoms with van der Waals surface area (Å²) in [6.07, 6.45) is 1.96. The maximum absolute atomic E-state index is 12.9. The van der Waals surface area contributed by atoms with Gasteiger partial charge in [0.2, 0.25) is 0 Å². The Hall–Kier alpha value is -3.59. The number of ether oxygens (including phenoxy) is 1. The second kappa shape index (κ2) is 10.6. The van der Waals surface area contributed by atoms with E-state index in [1.807, 2.05) is 18.2 Å². The van der Waals surface area contributed by atoms with Gasteiger partial charge in [0.15, 0.2) is 5.78 Å². The van der Waals surface area contributed by atoms with E-state index in [0.717, 1.165) is 33.4 Å². The van der Waals surface area contributed by atoms with Crippen molar-refractivity contribution in [2.75, 3.05) is 6.61 Å². The predicted octanol–water partition coefficient (Wildman–Crippen LogP) is 4.55. The lowest BCUT2D eigenvalue weighted by atomic mass is 9.98. The molecular formula is C25H25N3O5S. The van der Waals surface area contributed by atoms with E-state index in [0.29, 0.717) is 22.4 Å². The molecule has 2 heterocycles. The summed E-state index contributed by atoms with van der Waals surface area (Å²) in [5.74, 6) is -1.50. The Morgan fingerprint density at radius 1 is 1.18 bits per heavy atom. The standard InChI is InChI=1S/C25H25N3O5S/c1-2-3-12-33-18-9-8-16-14-23(34-22(16)15-18)21(29)13-17(25(31)32)10-11-28-24(30)19-6-4-5-7-20(19)26-27-28/h4-9,14-15,17H,2-3,10-13H2,1H3,(H,31,32). The van der Waals surface area contributed by atoms with Gasteiger partial charge in [0.1, 0.15) is 11.3 Å². The number of carbonyl (C=O) groups excluding carboxylic acids is 1. The van der Waals surface area contributed by atoms with Crippen LogP contribution in [0.4, 0.5) is 0 Å². The third kappa shape index (κ3) is 5.31. The first-order valence-electron chi connectivity index (χ1n) is 11.2. The third-order valence-electron chi connectivity index (χ3n) is 5.63. The van der Waals surface area contributed by atoms with Crippen molar-refractivity contribution in [3.8, 4) is 5.75 Å². The molecule has 0 bridgehead atoms. The predicted molar refractivity (Wildman–Crippen MR) is 131 cm³/mol. The topological polar surface area (TPSA) is 111 Å². The van der Waals surface area contributed by atoms with E-state index < -0.39 is 11.9 Å². The number of nitrogens with zero attached hydrogens (tertiary/aromatic N) is 3. The number of hydrogen-bond donors (Lipinski definition) is 1. The second-order valence-electron chi connectivity index (χ2n) is 8.10. The Bertz CT molecular complexity index is 1390. The SMILES string of the molecule is CCCCOc1ccc2cc(C(=O)CC(CCn3nnc4ccccc4c3=O)C(=O)O)sc2c1. The second-order valence-corrected chi connectivity index (χ2v) is 9.18. The first-order chi connectivity index (χ1) is 16.5. The Labute approximate surface area is 199 Å². The van der Waals surface area contributed by atoms with Gasteiger partial charge in [-0.1, -0.05) is 30.7 Å². The number of ketones is 1. The Kier molecular flexibility index (Phi) is 7.32. The molecule has 1 N–H and O–H groups in total. The van der Waals surface area contributed by atoms with E-state index in [1.165, 1.54) is 11.3 Å². The molecule has 9 heteroatoms. The minimum Gasteiger partial charge on any atom is -0.494 e. The number of aryl methyl sites for hydroxylation is 1. The van der Waals surface area contributed by atoms with Crippen LogP contribution in [-0.4, -0.2) is 38.5 Å². The molecule has 176 valence electrons. The minimum atomic E-state index is -1.08. The van der Waals surface area contributed by atoms with Crippen LogP contribution in [-0.2, 0) is 11.3 Å². The molecule has 0 aliphatic heterocycles. The molecule has 1 unspecified atom stereocenters. The van der Waals surface area contributed by atoms with E-state index in [1.54, 1.807) is 30.3 Å². The number of Topliss-reactive ketones (excluding diaryl/α,β-unsaturated/α-hetero) is 1. The molecule has 0 spiro atoms. The first kappa shape index (κ1) is 23.6. The number of carboxylic acids is 1. The van der Waals surface area contributed by atoms with Crippen LogP contribution in [0.1, 0.15) is 42.3 Å². The Balaban J connectivity index is 1.45. The lowest BCUT2D eigenvalue weighted by Gasteiger charge is -2.11. The number of benzene rings is 2. The van der Waals surface area contributed by atoms with Crippen molar-refractivity contribution in [3.63, 3.8) is 0 Å². The summed E-state index contributed by atoms with van der Waals surface area (Å²) in [5.41, 5.74) is 0.153. The fraction of sp³-hybridized carbons (Fsp3) is 0.320. The summed E-state index contributed by atoms with van der Waals surface area (Å²) in [6, 6.07) is 14.3. The molecule has 0 saturated heterocycles. The molecule has 2 aromatic carbocycles. The van der Waals surface area contributed by atoms with Crippen LogP contribution in [0.25, 0.3) is 21.0 Å². The maximum Gasteiger partial charge on any atom is 0.307 e. The van der Waals surface area contributed by atoms with Gasteiger partial charge in [-0.05, 0) is 54.6 Å². The van der Waals surface area contributed by atoms with Crippen LogP contribution in [0.5, 0.6) is 5.75 Å². The summed E-state index contributed by atoms with van der Waals surface area (Å²) in [4.78, 5) is 37.8. The number of thiophene rings is 1. The third-order valence-corrected chi connectivity index (χ3v) is 6.77. The molecule has 34 heavy (non-hydrogen) atoms. The van der Waals surface area contributed by atoms with E-state index >= 15 is 0 Å². The van der Waals surface area contributed by atoms with Gasteiger partial charge in [0, 0.05) is 17.7 Å². The molecule has 4 aromatic rings. The van der Waals surface area contributed by atoms with Crippen LogP contribution in [0.15, 0.2) is 53.3 Å². The van der Waals surface area contributed by atoms with Crippen LogP contribution in [0, 0.1) is 5.92 Å². The highest BCUT2D eigenvalue weighted by Crippen LogP contribution is 2.31. The number of carboxylic acid groups (broad SMARTS) is 1. The monoisotopic (exact) mass is 479 g/mol. The van der Waals surface area contributed by atoms with Crippen molar-refractivity contribution in [1.29, 1.82) is 0 Å². The lowest BCUT2D eigenvalue weighted by molar-refractivity contribution is -0.142. The quantitative estimate of drug-likeness (QED) is 0.248. The Morgan fingerprint density at radius 3 is 2.79 bits per heavy atom. The van der Waals surface area contributed by atoms with Crippen LogP contribution >= 0.6 is 11.3 Å². The minimum absolute atomic E-state index is 0.0613. The zero-order chi connectivity index (χ0) is 24.1. The average molecular weight is 480 g/mol. The zero-order valence-corrected chi connectivity index (χ0v) is 19.6. The van der Waals surface area contributed by atoms with Crippen LogP contribution in [0.2, 0.25) is 0 Å². The largest absolute Gasteiger partial charge is 0.494 e. The van der Waals surface area contributed by atoms with Gasteiger partial charge in [0.25, 0.3) is 5.56 Å². The van der Waals surface area contributed by atoms with Crippen LogP contribution < -0.4 is 10.3 Å². The highest BCUT2D eigenvalue weighted by Gasteiger charge is 2.24. The van der Waals surface area contributed by atoms with E-state index in [2.05, 4.69) is 17.2 Å². The van der Waals surface area contributed by atoms with E-state index in [4.69, 9.17) is 4.74 Å². The summed E-state index contributed by atoms with van der Waals surface area (Å²) < 4.78 is 7.81. The molecule has 0 saturated carbocycles. The fourth-order valence-corrected chi connectivity index (χ4v) is 4.70. The number of rotatable bonds is 11. The molecule has 0 aliphatic rings. The van der Waals surface area contributed by atoms with E-state index in [9.17, 15) is 19.5 Å². The normalized spacial score (nSPS) is 12.1. The number of hydrogen-bond acceptors (Lipinski definition) is 7. The van der Waals surface area contributed by atoms with Crippen molar-refractivity contribution in [1.82, 2.24) is 15.0 Å². The molecule has 4 rings (SSSR count). The average Bonchev–Trinajstić information content (AvgIpc) is 3.26. The maximum atomic E-state index is 12.9. The number of fused-ring (bicyclic) bond motifs is 2. The first-order valence-corrected chi connectivity index (χ1v) is 12.0. The summed E-state index contributed by atoms with van der Waals surface area (Å²) in [5, 5.41) is 18.9. The molecule has 2 aromatic heterocycles. The van der Waals surface area contributed by atoms with Gasteiger partial charge >= 0.3 is 5.97 Å². The van der Waals surface area contributed by atoms with Gasteiger partial charge in [-0.2, -0.15) is 0 Å². The van der Waals surface area contributed by atoms with Crippen molar-refractivity contribution in [3.05, 3.63) is 63.8 Å². The van der Waals surface area contributed by atoms with Gasteiger partial charge in [-0.25, -0.2) is 4.68 Å². The number of aliphatic carboxylic acids is 1. The van der Waals surface area contributed by atoms with Gasteiger partial charge in [-0.3, -0.25) is 14.4 Å². The molecule has 0 fully saturated rings. The highest BCUT2D eigenvalue weighted by molar-refractivity contribution is 7.20. The molecule has 0 radical (unpaired) electrons.